The van der Waals surface area contributed by atoms with Crippen LogP contribution < -0.4 is 10.1 Å². The van der Waals surface area contributed by atoms with Gasteiger partial charge in [-0.15, -0.1) is 0 Å². The molecule has 10 heteroatoms. The molecule has 2 rings (SSSR count). The molecule has 10 nitrogen and oxygen atoms in total. The van der Waals surface area contributed by atoms with Crippen LogP contribution >= 0.6 is 0 Å². The highest BCUT2D eigenvalue weighted by molar-refractivity contribution is 5.93. The van der Waals surface area contributed by atoms with Crippen molar-refractivity contribution in [1.29, 1.82) is 0 Å². The molecule has 1 aromatic heterocycles. The Morgan fingerprint density at radius 3 is 2.64 bits per heavy atom. The molecule has 0 spiro atoms. The third-order valence-corrected chi connectivity index (χ3v) is 3.90. The van der Waals surface area contributed by atoms with E-state index in [9.17, 15) is 19.7 Å². The van der Waals surface area contributed by atoms with Crippen LogP contribution in [0.3, 0.4) is 0 Å². The first-order valence-electron chi connectivity index (χ1n) is 8.60. The Labute approximate surface area is 161 Å². The number of hydrogen-bond acceptors (Lipinski definition) is 7. The molecule has 0 aliphatic heterocycles. The summed E-state index contributed by atoms with van der Waals surface area (Å²) in [6, 6.07) is 4.49. The van der Waals surface area contributed by atoms with E-state index in [0.29, 0.717) is 22.6 Å². The third-order valence-electron chi connectivity index (χ3n) is 3.90. The number of ether oxygens (including phenoxy) is 2. The first kappa shape index (κ1) is 20.9. The fraction of sp³-hybridized carbons (Fsp3) is 0.389. The van der Waals surface area contributed by atoms with Crippen molar-refractivity contribution in [2.45, 2.75) is 34.2 Å². The Kier molecular flexibility index (Phi) is 6.69. The van der Waals surface area contributed by atoms with Crippen molar-refractivity contribution < 1.29 is 24.0 Å². The van der Waals surface area contributed by atoms with E-state index in [4.69, 9.17) is 9.47 Å². The Balaban J connectivity index is 2.05. The third kappa shape index (κ3) is 5.06. The van der Waals surface area contributed by atoms with E-state index in [1.165, 1.54) is 16.8 Å². The van der Waals surface area contributed by atoms with Gasteiger partial charge in [0.05, 0.1) is 28.6 Å². The lowest BCUT2D eigenvalue weighted by atomic mass is 10.2. The number of rotatable bonds is 8. The van der Waals surface area contributed by atoms with Crippen LogP contribution in [0.25, 0.3) is 0 Å². The minimum Gasteiger partial charge on any atom is -0.477 e. The van der Waals surface area contributed by atoms with E-state index in [0.717, 1.165) is 0 Å². The van der Waals surface area contributed by atoms with Gasteiger partial charge in [-0.25, -0.2) is 0 Å². The van der Waals surface area contributed by atoms with Crippen molar-refractivity contribution in [1.82, 2.24) is 9.78 Å². The van der Waals surface area contributed by atoms with Gasteiger partial charge in [0.2, 0.25) is 0 Å². The molecule has 0 fully saturated rings. The smallest absolute Gasteiger partial charge is 0.327 e. The number of anilines is 1. The number of carbonyl (C=O) groups excluding carboxylic acids is 2. The van der Waals surface area contributed by atoms with Crippen molar-refractivity contribution in [3.8, 4) is 5.75 Å². The lowest BCUT2D eigenvalue weighted by molar-refractivity contribution is -0.385. The lowest BCUT2D eigenvalue weighted by Gasteiger charge is -2.09. The number of nitro benzene ring substituents is 1. The highest BCUT2D eigenvalue weighted by atomic mass is 16.6. The van der Waals surface area contributed by atoms with Gasteiger partial charge in [0.25, 0.3) is 5.91 Å². The summed E-state index contributed by atoms with van der Waals surface area (Å²) in [6.45, 7) is 6.63. The van der Waals surface area contributed by atoms with Gasteiger partial charge in [-0.1, -0.05) is 6.07 Å². The van der Waals surface area contributed by atoms with E-state index < -0.39 is 23.4 Å². The van der Waals surface area contributed by atoms with Crippen LogP contribution in [0.4, 0.5) is 11.4 Å². The number of aryl methyl sites for hydroxylation is 2. The molecule has 0 aliphatic rings. The van der Waals surface area contributed by atoms with E-state index in [2.05, 4.69) is 10.4 Å². The molecule has 2 aromatic rings. The SMILES string of the molecule is CCOC(=O)Cn1nc(C)c(NC(=O)COc2ccc(C)cc2[N+](=O)[O-])c1C. The number of amides is 1. The molecule has 0 bridgehead atoms. The first-order chi connectivity index (χ1) is 13.2. The number of hydrogen-bond donors (Lipinski definition) is 1. The number of carbonyl (C=O) groups is 2. The number of benzene rings is 1. The van der Waals surface area contributed by atoms with Crippen LogP contribution in [0.1, 0.15) is 23.9 Å². The largest absolute Gasteiger partial charge is 0.477 e. The molecular weight excluding hydrogens is 368 g/mol. The highest BCUT2D eigenvalue weighted by Gasteiger charge is 2.19. The van der Waals surface area contributed by atoms with Gasteiger partial charge in [0.15, 0.2) is 12.4 Å². The van der Waals surface area contributed by atoms with Crippen molar-refractivity contribution in [2.75, 3.05) is 18.5 Å². The summed E-state index contributed by atoms with van der Waals surface area (Å²) in [4.78, 5) is 34.4. The topological polar surface area (TPSA) is 126 Å². The normalized spacial score (nSPS) is 10.4. The van der Waals surface area contributed by atoms with Crippen LogP contribution in [0.15, 0.2) is 18.2 Å². The monoisotopic (exact) mass is 390 g/mol. The fourth-order valence-corrected chi connectivity index (χ4v) is 2.57. The zero-order chi connectivity index (χ0) is 20.8. The van der Waals surface area contributed by atoms with Crippen molar-refractivity contribution in [3.63, 3.8) is 0 Å². The maximum Gasteiger partial charge on any atom is 0.327 e. The predicted molar refractivity (Wildman–Crippen MR) is 100 cm³/mol. The number of nitro groups is 1. The van der Waals surface area contributed by atoms with Gasteiger partial charge in [0.1, 0.15) is 6.54 Å². The molecule has 1 N–H and O–H groups in total. The second-order valence-electron chi connectivity index (χ2n) is 6.07. The Hall–Kier alpha value is -3.43. The summed E-state index contributed by atoms with van der Waals surface area (Å²) in [5.41, 5.74) is 2.07. The average molecular weight is 390 g/mol. The second kappa shape index (κ2) is 8.98. The maximum absolute atomic E-state index is 12.2. The van der Waals surface area contributed by atoms with Crippen LogP contribution in [0.2, 0.25) is 0 Å². The summed E-state index contributed by atoms with van der Waals surface area (Å²) in [6.07, 6.45) is 0. The Bertz CT molecular complexity index is 906. The predicted octanol–water partition coefficient (Wildman–Crippen LogP) is 2.30. The molecule has 1 amide bonds. The maximum atomic E-state index is 12.2. The van der Waals surface area contributed by atoms with Crippen LogP contribution in [0.5, 0.6) is 5.75 Å². The minimum atomic E-state index is -0.562. The zero-order valence-electron chi connectivity index (χ0n) is 16.1. The fourth-order valence-electron chi connectivity index (χ4n) is 2.57. The summed E-state index contributed by atoms with van der Waals surface area (Å²) < 4.78 is 11.6. The second-order valence-corrected chi connectivity index (χ2v) is 6.07. The van der Waals surface area contributed by atoms with Crippen LogP contribution in [0, 0.1) is 30.9 Å². The van der Waals surface area contributed by atoms with Crippen LogP contribution in [-0.2, 0) is 20.9 Å². The number of nitrogens with one attached hydrogen (secondary N) is 1. The molecule has 1 heterocycles. The summed E-state index contributed by atoms with van der Waals surface area (Å²) in [5, 5.41) is 18.0. The standard InChI is InChI=1S/C18H22N4O6/c1-5-27-17(24)9-21-13(4)18(12(3)20-21)19-16(23)10-28-15-7-6-11(2)8-14(15)22(25)26/h6-8H,5,9-10H2,1-4H3,(H,19,23). The molecule has 1 aromatic carbocycles. The van der Waals surface area contributed by atoms with Crippen molar-refractivity contribution in [3.05, 3.63) is 45.3 Å². The summed E-state index contributed by atoms with van der Waals surface area (Å²) in [7, 11) is 0. The van der Waals surface area contributed by atoms with Gasteiger partial charge in [-0.2, -0.15) is 5.10 Å². The minimum absolute atomic E-state index is 0.0113. The summed E-state index contributed by atoms with van der Waals surface area (Å²) >= 11 is 0. The highest BCUT2D eigenvalue weighted by Crippen LogP contribution is 2.27. The van der Waals surface area contributed by atoms with Crippen molar-refractivity contribution in [2.24, 2.45) is 0 Å². The van der Waals surface area contributed by atoms with Gasteiger partial charge in [-0.05, 0) is 39.3 Å². The number of aromatic nitrogens is 2. The number of nitrogens with zero attached hydrogens (tertiary/aromatic N) is 3. The molecule has 0 saturated carbocycles. The van der Waals surface area contributed by atoms with Gasteiger partial charge in [-0.3, -0.25) is 24.4 Å². The van der Waals surface area contributed by atoms with Crippen LogP contribution in [-0.4, -0.2) is 39.8 Å². The molecule has 0 atom stereocenters. The van der Waals surface area contributed by atoms with E-state index in [1.54, 1.807) is 33.8 Å². The average Bonchev–Trinajstić information content (AvgIpc) is 2.88. The quantitative estimate of drug-likeness (QED) is 0.416. The molecule has 0 aliphatic carbocycles. The molecule has 28 heavy (non-hydrogen) atoms. The van der Waals surface area contributed by atoms with Gasteiger partial charge in [0, 0.05) is 6.07 Å². The Morgan fingerprint density at radius 2 is 2.00 bits per heavy atom. The van der Waals surface area contributed by atoms with E-state index >= 15 is 0 Å². The molecule has 0 saturated heterocycles. The zero-order valence-corrected chi connectivity index (χ0v) is 16.1. The van der Waals surface area contributed by atoms with E-state index in [1.807, 2.05) is 0 Å². The summed E-state index contributed by atoms with van der Waals surface area (Å²) in [5.74, 6) is -0.921. The van der Waals surface area contributed by atoms with Gasteiger partial charge >= 0.3 is 11.7 Å². The number of esters is 1. The molecular formula is C18H22N4O6. The molecule has 150 valence electrons. The lowest BCUT2D eigenvalue weighted by Crippen LogP contribution is -2.21. The Morgan fingerprint density at radius 1 is 1.29 bits per heavy atom. The molecule has 0 radical (unpaired) electrons. The first-order valence-corrected chi connectivity index (χ1v) is 8.60. The van der Waals surface area contributed by atoms with E-state index in [-0.39, 0.29) is 24.6 Å². The van der Waals surface area contributed by atoms with Crippen molar-refractivity contribution >= 4 is 23.3 Å². The van der Waals surface area contributed by atoms with Gasteiger partial charge < -0.3 is 14.8 Å². The molecule has 0 unspecified atom stereocenters.